The van der Waals surface area contributed by atoms with Gasteiger partial charge in [-0.2, -0.15) is 0 Å². The van der Waals surface area contributed by atoms with Crippen molar-refractivity contribution in [3.8, 4) is 0 Å². The standard InChI is InChI=1S/C15H8N2O5/c1-7-6-8(2-3-9(7)17(20)21)16-14(18)12-10-4-5-11(22-10)13(12)15(16)19/h2-6H,1H3. The Kier molecular flexibility index (Phi) is 2.22. The minimum absolute atomic E-state index is 0.0582. The molecule has 0 spiro atoms. The molecule has 3 aromatic rings. The van der Waals surface area contributed by atoms with Gasteiger partial charge >= 0.3 is 0 Å². The number of furan rings is 2. The molecule has 0 atom stereocenters. The third kappa shape index (κ3) is 1.39. The van der Waals surface area contributed by atoms with Gasteiger partial charge in [0.25, 0.3) is 17.5 Å². The van der Waals surface area contributed by atoms with Crippen LogP contribution in [0.15, 0.2) is 34.7 Å². The summed E-state index contributed by atoms with van der Waals surface area (Å²) in [6.07, 6.45) is 0. The summed E-state index contributed by atoms with van der Waals surface area (Å²) in [4.78, 5) is 36.3. The van der Waals surface area contributed by atoms with Gasteiger partial charge in [-0.1, -0.05) is 0 Å². The Morgan fingerprint density at radius 1 is 1.05 bits per heavy atom. The number of benzene rings is 2. The number of carbonyl (C=O) groups excluding carboxylic acids is 2. The second kappa shape index (κ2) is 3.91. The van der Waals surface area contributed by atoms with Gasteiger partial charge in [0.1, 0.15) is 11.2 Å². The van der Waals surface area contributed by atoms with Crippen LogP contribution in [0.2, 0.25) is 0 Å². The topological polar surface area (TPSA) is 93.7 Å². The molecule has 7 heteroatoms. The molecule has 7 nitrogen and oxygen atoms in total. The van der Waals surface area contributed by atoms with Gasteiger partial charge in [-0.25, -0.2) is 4.90 Å². The van der Waals surface area contributed by atoms with Crippen LogP contribution in [0, 0.1) is 17.0 Å². The van der Waals surface area contributed by atoms with E-state index in [0.717, 1.165) is 4.90 Å². The van der Waals surface area contributed by atoms with Crippen LogP contribution >= 0.6 is 0 Å². The summed E-state index contributed by atoms with van der Waals surface area (Å²) >= 11 is 0. The van der Waals surface area contributed by atoms with Crippen molar-refractivity contribution in [1.29, 1.82) is 0 Å². The lowest BCUT2D eigenvalue weighted by Crippen LogP contribution is -2.29. The van der Waals surface area contributed by atoms with E-state index in [4.69, 9.17) is 4.42 Å². The summed E-state index contributed by atoms with van der Waals surface area (Å²) in [6.45, 7) is 1.56. The van der Waals surface area contributed by atoms with Gasteiger partial charge in [0.15, 0.2) is 0 Å². The van der Waals surface area contributed by atoms with Crippen molar-refractivity contribution in [2.24, 2.45) is 0 Å². The summed E-state index contributed by atoms with van der Waals surface area (Å²) < 4.78 is 5.33. The van der Waals surface area contributed by atoms with Crippen LogP contribution in [-0.4, -0.2) is 16.7 Å². The maximum absolute atomic E-state index is 12.5. The molecule has 108 valence electrons. The van der Waals surface area contributed by atoms with E-state index in [0.29, 0.717) is 22.4 Å². The third-order valence-electron chi connectivity index (χ3n) is 3.82. The van der Waals surface area contributed by atoms with Gasteiger partial charge in [-0.05, 0) is 31.2 Å². The molecule has 0 aliphatic carbocycles. The summed E-state index contributed by atoms with van der Waals surface area (Å²) in [5.74, 6) is -0.940. The van der Waals surface area contributed by atoms with Crippen LogP contribution in [0.4, 0.5) is 11.4 Å². The van der Waals surface area contributed by atoms with Gasteiger partial charge in [0.2, 0.25) is 0 Å². The predicted molar refractivity (Wildman–Crippen MR) is 76.4 cm³/mol. The average Bonchev–Trinajstić information content (AvgIpc) is 3.12. The highest BCUT2D eigenvalue weighted by Gasteiger charge is 2.42. The molecule has 0 saturated carbocycles. The number of carbonyl (C=O) groups is 2. The number of nitro groups is 1. The number of amides is 2. The number of aryl methyl sites for hydroxylation is 1. The fraction of sp³-hybridized carbons (Fsp3) is 0.0667. The van der Waals surface area contributed by atoms with E-state index in [-0.39, 0.29) is 16.8 Å². The number of hydrogen-bond acceptors (Lipinski definition) is 5. The van der Waals surface area contributed by atoms with E-state index >= 15 is 0 Å². The van der Waals surface area contributed by atoms with Crippen molar-refractivity contribution in [1.82, 2.24) is 0 Å². The van der Waals surface area contributed by atoms with E-state index in [1.54, 1.807) is 19.1 Å². The molecule has 2 aromatic heterocycles. The van der Waals surface area contributed by atoms with Crippen LogP contribution in [0.1, 0.15) is 26.3 Å². The maximum Gasteiger partial charge on any atom is 0.272 e. The first kappa shape index (κ1) is 12.5. The second-order valence-corrected chi connectivity index (χ2v) is 5.09. The Morgan fingerprint density at radius 3 is 2.14 bits per heavy atom. The van der Waals surface area contributed by atoms with Gasteiger partial charge in [-0.3, -0.25) is 19.7 Å². The van der Waals surface area contributed by atoms with Crippen LogP contribution in [0.3, 0.4) is 0 Å². The SMILES string of the molecule is Cc1cc(N2C(=O)c3c(c4ccc3o4)C2=O)ccc1[N+](=O)[O-]. The molecule has 0 N–H and O–H groups in total. The zero-order valence-electron chi connectivity index (χ0n) is 11.3. The van der Waals surface area contributed by atoms with Crippen molar-refractivity contribution in [2.45, 2.75) is 6.92 Å². The molecule has 2 amide bonds. The van der Waals surface area contributed by atoms with Crippen molar-refractivity contribution in [3.05, 3.63) is 57.1 Å². The summed E-state index contributed by atoms with van der Waals surface area (Å²) in [7, 11) is 0. The van der Waals surface area contributed by atoms with E-state index in [1.807, 2.05) is 0 Å². The molecule has 1 aliphatic rings. The molecule has 4 rings (SSSR count). The van der Waals surface area contributed by atoms with Crippen molar-refractivity contribution in [2.75, 3.05) is 4.90 Å². The highest BCUT2D eigenvalue weighted by atomic mass is 16.6. The van der Waals surface area contributed by atoms with Crippen LogP contribution in [-0.2, 0) is 0 Å². The average molecular weight is 296 g/mol. The van der Waals surface area contributed by atoms with Gasteiger partial charge in [0.05, 0.1) is 21.7 Å². The zero-order chi connectivity index (χ0) is 15.6. The number of imide groups is 1. The van der Waals surface area contributed by atoms with E-state index in [1.165, 1.54) is 18.2 Å². The Bertz CT molecular complexity index is 927. The fourth-order valence-corrected chi connectivity index (χ4v) is 2.81. The highest BCUT2D eigenvalue weighted by Crippen LogP contribution is 2.38. The van der Waals surface area contributed by atoms with Crippen molar-refractivity contribution in [3.63, 3.8) is 0 Å². The van der Waals surface area contributed by atoms with Crippen LogP contribution in [0.5, 0.6) is 0 Å². The Labute approximate surface area is 123 Å². The van der Waals surface area contributed by atoms with Crippen LogP contribution in [0.25, 0.3) is 11.2 Å². The molecule has 0 radical (unpaired) electrons. The molecular weight excluding hydrogens is 288 g/mol. The van der Waals surface area contributed by atoms with E-state index in [9.17, 15) is 19.7 Å². The third-order valence-corrected chi connectivity index (χ3v) is 3.82. The molecule has 1 aromatic carbocycles. The quantitative estimate of drug-likeness (QED) is 0.412. The lowest BCUT2D eigenvalue weighted by Gasteiger charge is -2.14. The summed E-state index contributed by atoms with van der Waals surface area (Å²) in [5, 5.41) is 10.9. The van der Waals surface area contributed by atoms with Gasteiger partial charge in [0, 0.05) is 11.6 Å². The molecule has 0 fully saturated rings. The van der Waals surface area contributed by atoms with Gasteiger partial charge < -0.3 is 4.42 Å². The first-order valence-corrected chi connectivity index (χ1v) is 6.47. The molecule has 1 aliphatic heterocycles. The fourth-order valence-electron chi connectivity index (χ4n) is 2.81. The molecular formula is C15H8N2O5. The molecule has 3 heterocycles. The highest BCUT2D eigenvalue weighted by molar-refractivity contribution is 6.38. The largest absolute Gasteiger partial charge is 0.456 e. The number of nitrogens with zero attached hydrogens (tertiary/aromatic N) is 2. The Balaban J connectivity index is 1.83. The van der Waals surface area contributed by atoms with Crippen LogP contribution < -0.4 is 4.90 Å². The second-order valence-electron chi connectivity index (χ2n) is 5.09. The Morgan fingerprint density at radius 2 is 1.64 bits per heavy atom. The molecule has 0 saturated heterocycles. The molecule has 0 unspecified atom stereocenters. The minimum Gasteiger partial charge on any atom is -0.456 e. The Hall–Kier alpha value is -3.22. The van der Waals surface area contributed by atoms with E-state index < -0.39 is 16.7 Å². The zero-order valence-corrected chi connectivity index (χ0v) is 11.3. The normalized spacial score (nSPS) is 14.1. The number of rotatable bonds is 2. The smallest absolute Gasteiger partial charge is 0.272 e. The maximum atomic E-state index is 12.5. The first-order chi connectivity index (χ1) is 10.5. The lowest BCUT2D eigenvalue weighted by atomic mass is 10.1. The monoisotopic (exact) mass is 296 g/mol. The summed E-state index contributed by atoms with van der Waals surface area (Å²) in [5.41, 5.74) is 1.92. The first-order valence-electron chi connectivity index (χ1n) is 6.47. The lowest BCUT2D eigenvalue weighted by molar-refractivity contribution is -0.385. The number of nitro benzene ring substituents is 1. The summed E-state index contributed by atoms with van der Waals surface area (Å²) in [6, 6.07) is 7.43. The van der Waals surface area contributed by atoms with Crippen molar-refractivity contribution >= 4 is 34.4 Å². The number of anilines is 1. The van der Waals surface area contributed by atoms with E-state index in [2.05, 4.69) is 0 Å². The van der Waals surface area contributed by atoms with Gasteiger partial charge in [-0.15, -0.1) is 0 Å². The van der Waals surface area contributed by atoms with Crippen molar-refractivity contribution < 1.29 is 18.9 Å². The number of fused-ring (bicyclic) bond motifs is 5. The molecule has 22 heavy (non-hydrogen) atoms. The molecule has 2 bridgehead atoms. The predicted octanol–water partition coefficient (Wildman–Crippen LogP) is 2.89. The number of hydrogen-bond donors (Lipinski definition) is 0. The minimum atomic E-state index is -0.505.